The molecular formula is C13H23F2NO3S. The van der Waals surface area contributed by atoms with Crippen LogP contribution in [0.25, 0.3) is 0 Å². The Morgan fingerprint density at radius 2 is 1.80 bits per heavy atom. The number of halogens is 2. The largest absolute Gasteiger partial charge is 0.274 e. The Bertz CT molecular complexity index is 439. The summed E-state index contributed by atoms with van der Waals surface area (Å²) in [5.74, 6) is -4.10. The van der Waals surface area contributed by atoms with Crippen LogP contribution in [-0.4, -0.2) is 25.5 Å². The van der Waals surface area contributed by atoms with Crippen molar-refractivity contribution in [3.05, 3.63) is 0 Å². The molecule has 1 fully saturated rings. The van der Waals surface area contributed by atoms with Crippen LogP contribution < -0.4 is 4.72 Å². The summed E-state index contributed by atoms with van der Waals surface area (Å²) in [5.41, 5.74) is 0. The first-order valence-corrected chi connectivity index (χ1v) is 8.57. The molecule has 1 saturated carbocycles. The first kappa shape index (κ1) is 17.3. The summed E-state index contributed by atoms with van der Waals surface area (Å²) in [5, 5.41) is -0.642. The van der Waals surface area contributed by atoms with Crippen molar-refractivity contribution in [1.82, 2.24) is 4.72 Å². The Kier molecular flexibility index (Phi) is 5.52. The quantitative estimate of drug-likeness (QED) is 0.849. The standard InChI is InChI=1S/C13H23F2NO3S/c1-4-11(9(2)3)20(18,19)16-12(17)10-5-7-13(14,15)8-6-10/h9-11H,4-8H2,1-3H3,(H,16,17)/t11-/m0/s1. The molecule has 0 radical (unpaired) electrons. The van der Waals surface area contributed by atoms with Gasteiger partial charge in [0, 0.05) is 18.8 Å². The SMILES string of the molecule is CC[C@@H](C(C)C)S(=O)(=O)NC(=O)C1CCC(F)(F)CC1. The predicted molar refractivity (Wildman–Crippen MR) is 72.9 cm³/mol. The number of sulfonamides is 1. The van der Waals surface area contributed by atoms with Gasteiger partial charge in [0.1, 0.15) is 0 Å². The van der Waals surface area contributed by atoms with Gasteiger partial charge in [-0.25, -0.2) is 17.2 Å². The van der Waals surface area contributed by atoms with Crippen LogP contribution in [-0.2, 0) is 14.8 Å². The number of rotatable bonds is 5. The minimum Gasteiger partial charge on any atom is -0.274 e. The Morgan fingerprint density at radius 1 is 1.30 bits per heavy atom. The summed E-state index contributed by atoms with van der Waals surface area (Å²) in [6, 6.07) is 0. The van der Waals surface area contributed by atoms with E-state index in [4.69, 9.17) is 0 Å². The zero-order valence-corrected chi connectivity index (χ0v) is 13.0. The van der Waals surface area contributed by atoms with Gasteiger partial charge in [0.05, 0.1) is 5.25 Å². The Balaban J connectivity index is 2.66. The van der Waals surface area contributed by atoms with Crippen molar-refractivity contribution in [1.29, 1.82) is 0 Å². The monoisotopic (exact) mass is 311 g/mol. The van der Waals surface area contributed by atoms with E-state index in [-0.39, 0.29) is 31.6 Å². The molecule has 4 nitrogen and oxygen atoms in total. The molecule has 0 unspecified atom stereocenters. The van der Waals surface area contributed by atoms with E-state index in [0.29, 0.717) is 6.42 Å². The van der Waals surface area contributed by atoms with E-state index in [0.717, 1.165) is 0 Å². The van der Waals surface area contributed by atoms with E-state index in [1.54, 1.807) is 20.8 Å². The van der Waals surface area contributed by atoms with Gasteiger partial charge in [-0.05, 0) is 25.2 Å². The molecule has 0 aromatic rings. The lowest BCUT2D eigenvalue weighted by molar-refractivity contribution is -0.127. The smallest absolute Gasteiger partial charge is 0.248 e. The molecule has 0 spiro atoms. The molecule has 1 rings (SSSR count). The van der Waals surface area contributed by atoms with Crippen LogP contribution in [0.3, 0.4) is 0 Å². The lowest BCUT2D eigenvalue weighted by atomic mass is 9.86. The molecule has 20 heavy (non-hydrogen) atoms. The van der Waals surface area contributed by atoms with Crippen molar-refractivity contribution in [3.63, 3.8) is 0 Å². The highest BCUT2D eigenvalue weighted by molar-refractivity contribution is 7.90. The van der Waals surface area contributed by atoms with E-state index >= 15 is 0 Å². The summed E-state index contributed by atoms with van der Waals surface area (Å²) >= 11 is 0. The van der Waals surface area contributed by atoms with Gasteiger partial charge < -0.3 is 0 Å². The highest BCUT2D eigenvalue weighted by atomic mass is 32.2. The maximum Gasteiger partial charge on any atom is 0.248 e. The van der Waals surface area contributed by atoms with Crippen molar-refractivity contribution in [2.75, 3.05) is 0 Å². The maximum atomic E-state index is 13.0. The van der Waals surface area contributed by atoms with Crippen LogP contribution in [0.1, 0.15) is 52.9 Å². The molecule has 1 atom stereocenters. The number of hydrogen-bond acceptors (Lipinski definition) is 3. The molecular weight excluding hydrogens is 288 g/mol. The summed E-state index contributed by atoms with van der Waals surface area (Å²) < 4.78 is 52.3. The van der Waals surface area contributed by atoms with Gasteiger partial charge in [0.2, 0.25) is 21.9 Å². The maximum absolute atomic E-state index is 13.0. The third-order valence-electron chi connectivity index (χ3n) is 3.88. The lowest BCUT2D eigenvalue weighted by Gasteiger charge is -2.28. The van der Waals surface area contributed by atoms with Gasteiger partial charge in [0.15, 0.2) is 0 Å². The number of carbonyl (C=O) groups excluding carboxylic acids is 1. The Labute approximate surface area is 119 Å². The van der Waals surface area contributed by atoms with Crippen LogP contribution in [0.4, 0.5) is 8.78 Å². The van der Waals surface area contributed by atoms with Crippen LogP contribution in [0.2, 0.25) is 0 Å². The number of nitrogens with one attached hydrogen (secondary N) is 1. The molecule has 0 aliphatic heterocycles. The topological polar surface area (TPSA) is 63.2 Å². The fourth-order valence-corrected chi connectivity index (χ4v) is 4.40. The summed E-state index contributed by atoms with van der Waals surface area (Å²) in [4.78, 5) is 11.9. The molecule has 1 N–H and O–H groups in total. The van der Waals surface area contributed by atoms with E-state index in [9.17, 15) is 22.0 Å². The minimum atomic E-state index is -3.74. The van der Waals surface area contributed by atoms with Crippen molar-refractivity contribution in [2.45, 2.75) is 64.0 Å². The average molecular weight is 311 g/mol. The third kappa shape index (κ3) is 4.40. The van der Waals surface area contributed by atoms with Gasteiger partial charge in [-0.3, -0.25) is 9.52 Å². The van der Waals surface area contributed by atoms with E-state index < -0.39 is 33.0 Å². The highest BCUT2D eigenvalue weighted by Gasteiger charge is 2.39. The molecule has 0 aromatic carbocycles. The van der Waals surface area contributed by atoms with E-state index in [1.165, 1.54) is 0 Å². The highest BCUT2D eigenvalue weighted by Crippen LogP contribution is 2.36. The molecule has 118 valence electrons. The third-order valence-corrected chi connectivity index (χ3v) is 6.04. The van der Waals surface area contributed by atoms with Crippen LogP contribution in [0.5, 0.6) is 0 Å². The molecule has 0 aromatic heterocycles. The average Bonchev–Trinajstić information content (AvgIpc) is 2.27. The molecule has 1 aliphatic carbocycles. The van der Waals surface area contributed by atoms with Crippen molar-refractivity contribution in [3.8, 4) is 0 Å². The molecule has 1 aliphatic rings. The molecule has 0 heterocycles. The van der Waals surface area contributed by atoms with E-state index in [1.807, 2.05) is 0 Å². The Morgan fingerprint density at radius 3 is 2.20 bits per heavy atom. The number of hydrogen-bond donors (Lipinski definition) is 1. The van der Waals surface area contributed by atoms with Gasteiger partial charge in [0.25, 0.3) is 0 Å². The zero-order valence-electron chi connectivity index (χ0n) is 12.2. The summed E-state index contributed by atoms with van der Waals surface area (Å²) in [6.45, 7) is 5.30. The second kappa shape index (κ2) is 6.37. The number of amides is 1. The van der Waals surface area contributed by atoms with Gasteiger partial charge in [-0.15, -0.1) is 0 Å². The summed E-state index contributed by atoms with van der Waals surface area (Å²) in [6.07, 6.45) is -0.234. The van der Waals surface area contributed by atoms with Gasteiger partial charge in [-0.2, -0.15) is 0 Å². The second-order valence-corrected chi connectivity index (χ2v) is 7.73. The summed E-state index contributed by atoms with van der Waals surface area (Å²) in [7, 11) is -3.74. The fraction of sp³-hybridized carbons (Fsp3) is 0.923. The second-order valence-electron chi connectivity index (χ2n) is 5.83. The molecule has 7 heteroatoms. The normalized spacial score (nSPS) is 21.7. The van der Waals surface area contributed by atoms with Gasteiger partial charge >= 0.3 is 0 Å². The van der Waals surface area contributed by atoms with Crippen molar-refractivity contribution >= 4 is 15.9 Å². The molecule has 1 amide bonds. The fourth-order valence-electron chi connectivity index (χ4n) is 2.65. The van der Waals surface area contributed by atoms with Crippen LogP contribution >= 0.6 is 0 Å². The lowest BCUT2D eigenvalue weighted by Crippen LogP contribution is -2.44. The first-order valence-electron chi connectivity index (χ1n) is 7.02. The van der Waals surface area contributed by atoms with Crippen molar-refractivity contribution < 1.29 is 22.0 Å². The molecule has 0 saturated heterocycles. The van der Waals surface area contributed by atoms with E-state index in [2.05, 4.69) is 4.72 Å². The predicted octanol–water partition coefficient (Wildman–Crippen LogP) is 2.69. The molecule has 0 bridgehead atoms. The van der Waals surface area contributed by atoms with Crippen LogP contribution in [0.15, 0.2) is 0 Å². The van der Waals surface area contributed by atoms with Gasteiger partial charge in [-0.1, -0.05) is 20.8 Å². The Hall–Kier alpha value is -0.720. The number of carbonyl (C=O) groups is 1. The zero-order chi connectivity index (χ0) is 15.6. The minimum absolute atomic E-state index is 0.0345. The first-order chi connectivity index (χ1) is 9.09. The van der Waals surface area contributed by atoms with Crippen LogP contribution in [0, 0.1) is 11.8 Å². The number of alkyl halides is 2. The van der Waals surface area contributed by atoms with Crippen molar-refractivity contribution in [2.24, 2.45) is 11.8 Å².